The standard InChI is InChI=1S/C18H20N2O3/c21-17-12-19-10-14(17)11-20-18(22)13-5-4-8-16(9-13)23-15-6-2-1-3-7-15/h1-9,14,17,19,21H,10-12H2,(H,20,22). The highest BCUT2D eigenvalue weighted by molar-refractivity contribution is 5.94. The van der Waals surface area contributed by atoms with Crippen LogP contribution < -0.4 is 15.4 Å². The van der Waals surface area contributed by atoms with Gasteiger partial charge in [0.1, 0.15) is 11.5 Å². The third kappa shape index (κ3) is 4.09. The molecule has 23 heavy (non-hydrogen) atoms. The zero-order valence-electron chi connectivity index (χ0n) is 12.7. The summed E-state index contributed by atoms with van der Waals surface area (Å²) in [6.07, 6.45) is -0.400. The van der Waals surface area contributed by atoms with E-state index < -0.39 is 6.10 Å². The fourth-order valence-electron chi connectivity index (χ4n) is 2.58. The molecule has 3 rings (SSSR count). The van der Waals surface area contributed by atoms with Gasteiger partial charge in [-0.05, 0) is 30.3 Å². The van der Waals surface area contributed by atoms with Crippen molar-refractivity contribution in [3.8, 4) is 11.5 Å². The normalized spacial score (nSPS) is 20.2. The molecule has 2 aromatic rings. The summed E-state index contributed by atoms with van der Waals surface area (Å²) in [5.74, 6) is 1.24. The Hall–Kier alpha value is -2.37. The molecule has 0 aromatic heterocycles. The van der Waals surface area contributed by atoms with Crippen molar-refractivity contribution >= 4 is 5.91 Å². The van der Waals surface area contributed by atoms with Gasteiger partial charge in [-0.2, -0.15) is 0 Å². The number of carbonyl (C=O) groups is 1. The van der Waals surface area contributed by atoms with Crippen molar-refractivity contribution in [1.29, 1.82) is 0 Å². The Morgan fingerprint density at radius 3 is 2.65 bits per heavy atom. The van der Waals surface area contributed by atoms with Crippen molar-refractivity contribution in [2.45, 2.75) is 6.10 Å². The lowest BCUT2D eigenvalue weighted by Gasteiger charge is -2.14. The molecule has 120 valence electrons. The first-order valence-electron chi connectivity index (χ1n) is 7.72. The molecule has 1 aliphatic rings. The highest BCUT2D eigenvalue weighted by Gasteiger charge is 2.25. The van der Waals surface area contributed by atoms with E-state index in [4.69, 9.17) is 4.74 Å². The number of aliphatic hydroxyl groups excluding tert-OH is 1. The Morgan fingerprint density at radius 1 is 1.13 bits per heavy atom. The molecule has 1 fully saturated rings. The molecule has 2 atom stereocenters. The van der Waals surface area contributed by atoms with E-state index in [-0.39, 0.29) is 11.8 Å². The van der Waals surface area contributed by atoms with E-state index in [9.17, 15) is 9.90 Å². The van der Waals surface area contributed by atoms with E-state index in [2.05, 4.69) is 10.6 Å². The minimum absolute atomic E-state index is 0.0581. The van der Waals surface area contributed by atoms with Gasteiger partial charge in [-0.25, -0.2) is 0 Å². The van der Waals surface area contributed by atoms with Gasteiger partial charge < -0.3 is 20.5 Å². The number of aliphatic hydroxyl groups is 1. The maximum atomic E-state index is 12.2. The molecule has 0 radical (unpaired) electrons. The third-order valence-electron chi connectivity index (χ3n) is 3.90. The highest BCUT2D eigenvalue weighted by atomic mass is 16.5. The van der Waals surface area contributed by atoms with Crippen molar-refractivity contribution in [2.75, 3.05) is 19.6 Å². The largest absolute Gasteiger partial charge is 0.457 e. The smallest absolute Gasteiger partial charge is 0.251 e. The van der Waals surface area contributed by atoms with E-state index >= 15 is 0 Å². The summed E-state index contributed by atoms with van der Waals surface area (Å²) in [7, 11) is 0. The number of ether oxygens (including phenoxy) is 1. The number of hydrogen-bond acceptors (Lipinski definition) is 4. The van der Waals surface area contributed by atoms with Gasteiger partial charge in [0, 0.05) is 31.1 Å². The highest BCUT2D eigenvalue weighted by Crippen LogP contribution is 2.21. The Balaban J connectivity index is 1.61. The van der Waals surface area contributed by atoms with Gasteiger partial charge in [0.15, 0.2) is 0 Å². The summed E-state index contributed by atoms with van der Waals surface area (Å²) < 4.78 is 5.73. The van der Waals surface area contributed by atoms with Crippen molar-refractivity contribution in [1.82, 2.24) is 10.6 Å². The second-order valence-corrected chi connectivity index (χ2v) is 5.64. The summed E-state index contributed by atoms with van der Waals surface area (Å²) in [5.41, 5.74) is 0.541. The summed E-state index contributed by atoms with van der Waals surface area (Å²) in [6, 6.07) is 16.5. The van der Waals surface area contributed by atoms with Crippen LogP contribution in [0.2, 0.25) is 0 Å². The molecular weight excluding hydrogens is 292 g/mol. The molecular formula is C18H20N2O3. The molecule has 1 amide bonds. The first-order valence-corrected chi connectivity index (χ1v) is 7.72. The molecule has 0 aliphatic carbocycles. The lowest BCUT2D eigenvalue weighted by Crippen LogP contribution is -2.34. The first kappa shape index (κ1) is 15.5. The molecule has 0 saturated carbocycles. The van der Waals surface area contributed by atoms with Gasteiger partial charge in [-0.3, -0.25) is 4.79 Å². The van der Waals surface area contributed by atoms with Crippen LogP contribution in [0.25, 0.3) is 0 Å². The molecule has 5 nitrogen and oxygen atoms in total. The number of amides is 1. The first-order chi connectivity index (χ1) is 11.2. The Kier molecular flexibility index (Phi) is 4.90. The van der Waals surface area contributed by atoms with Gasteiger partial charge in [0.25, 0.3) is 5.91 Å². The maximum absolute atomic E-state index is 12.2. The van der Waals surface area contributed by atoms with Crippen LogP contribution in [-0.4, -0.2) is 36.8 Å². The minimum atomic E-state index is -0.400. The zero-order chi connectivity index (χ0) is 16.1. The molecule has 5 heteroatoms. The van der Waals surface area contributed by atoms with E-state index in [0.29, 0.717) is 24.4 Å². The van der Waals surface area contributed by atoms with E-state index in [0.717, 1.165) is 12.3 Å². The fourth-order valence-corrected chi connectivity index (χ4v) is 2.58. The van der Waals surface area contributed by atoms with Crippen LogP contribution in [0, 0.1) is 5.92 Å². The lowest BCUT2D eigenvalue weighted by molar-refractivity contribution is 0.0926. The predicted octanol–water partition coefficient (Wildman–Crippen LogP) is 1.79. The van der Waals surface area contributed by atoms with Gasteiger partial charge in [0.2, 0.25) is 0 Å². The molecule has 1 aliphatic heterocycles. The molecule has 3 N–H and O–H groups in total. The fraction of sp³-hybridized carbons (Fsp3) is 0.278. The van der Waals surface area contributed by atoms with Crippen LogP contribution in [-0.2, 0) is 0 Å². The van der Waals surface area contributed by atoms with E-state index in [1.165, 1.54) is 0 Å². The van der Waals surface area contributed by atoms with Crippen molar-refractivity contribution < 1.29 is 14.6 Å². The Bertz CT molecular complexity index is 660. The average molecular weight is 312 g/mol. The van der Waals surface area contributed by atoms with Crippen LogP contribution in [0.3, 0.4) is 0 Å². The Morgan fingerprint density at radius 2 is 1.91 bits per heavy atom. The summed E-state index contributed by atoms with van der Waals surface area (Å²) in [5, 5.41) is 15.7. The van der Waals surface area contributed by atoms with Gasteiger partial charge in [-0.15, -0.1) is 0 Å². The average Bonchev–Trinajstić information content (AvgIpc) is 2.99. The summed E-state index contributed by atoms with van der Waals surface area (Å²) in [4.78, 5) is 12.2. The number of para-hydroxylation sites is 1. The number of carbonyl (C=O) groups excluding carboxylic acids is 1. The maximum Gasteiger partial charge on any atom is 0.251 e. The monoisotopic (exact) mass is 312 g/mol. The molecule has 2 aromatic carbocycles. The van der Waals surface area contributed by atoms with Crippen LogP contribution in [0.1, 0.15) is 10.4 Å². The predicted molar refractivity (Wildman–Crippen MR) is 87.7 cm³/mol. The van der Waals surface area contributed by atoms with Crippen LogP contribution in [0.5, 0.6) is 11.5 Å². The second-order valence-electron chi connectivity index (χ2n) is 5.64. The van der Waals surface area contributed by atoms with Gasteiger partial charge in [0.05, 0.1) is 6.10 Å². The topological polar surface area (TPSA) is 70.6 Å². The SMILES string of the molecule is O=C(NCC1CNCC1O)c1cccc(Oc2ccccc2)c1. The molecule has 1 saturated heterocycles. The molecule has 1 heterocycles. The Labute approximate surface area is 135 Å². The number of nitrogens with one attached hydrogen (secondary N) is 2. The number of β-amino-alcohol motifs (C(OH)–C–C–N with tert-alkyl or cyclic N) is 1. The quantitative estimate of drug-likeness (QED) is 0.787. The van der Waals surface area contributed by atoms with E-state index in [1.807, 2.05) is 36.4 Å². The van der Waals surface area contributed by atoms with Crippen LogP contribution in [0.4, 0.5) is 0 Å². The molecule has 2 unspecified atom stereocenters. The van der Waals surface area contributed by atoms with Gasteiger partial charge in [-0.1, -0.05) is 24.3 Å². The summed E-state index contributed by atoms with van der Waals surface area (Å²) >= 11 is 0. The second kappa shape index (κ2) is 7.26. The zero-order valence-corrected chi connectivity index (χ0v) is 12.7. The van der Waals surface area contributed by atoms with Crippen molar-refractivity contribution in [2.24, 2.45) is 5.92 Å². The molecule has 0 bridgehead atoms. The van der Waals surface area contributed by atoms with Crippen molar-refractivity contribution in [3.63, 3.8) is 0 Å². The van der Waals surface area contributed by atoms with Crippen molar-refractivity contribution in [3.05, 3.63) is 60.2 Å². The third-order valence-corrected chi connectivity index (χ3v) is 3.90. The summed E-state index contributed by atoms with van der Waals surface area (Å²) in [6.45, 7) is 1.76. The number of benzene rings is 2. The van der Waals surface area contributed by atoms with Crippen LogP contribution in [0.15, 0.2) is 54.6 Å². The van der Waals surface area contributed by atoms with E-state index in [1.54, 1.807) is 18.2 Å². The lowest BCUT2D eigenvalue weighted by atomic mass is 10.1. The minimum Gasteiger partial charge on any atom is -0.457 e. The van der Waals surface area contributed by atoms with Gasteiger partial charge >= 0.3 is 0 Å². The number of rotatable bonds is 5. The molecule has 0 spiro atoms. The van der Waals surface area contributed by atoms with Crippen LogP contribution >= 0.6 is 0 Å². The number of hydrogen-bond donors (Lipinski definition) is 3.